The summed E-state index contributed by atoms with van der Waals surface area (Å²) in [5.74, 6) is 0.222. The molecule has 0 bridgehead atoms. The van der Waals surface area contributed by atoms with Crippen LogP contribution in [0.4, 0.5) is 0 Å². The van der Waals surface area contributed by atoms with Gasteiger partial charge in [0.2, 0.25) is 0 Å². The highest BCUT2D eigenvalue weighted by Gasteiger charge is 2.53. The van der Waals surface area contributed by atoms with Crippen LogP contribution in [0.2, 0.25) is 0 Å². The largest absolute Gasteiger partial charge is 0.512 e. The maximum absolute atomic E-state index is 12.9. The Bertz CT molecular complexity index is 1230. The van der Waals surface area contributed by atoms with Gasteiger partial charge in [-0.05, 0) is 63.9 Å². The van der Waals surface area contributed by atoms with Crippen molar-refractivity contribution in [2.75, 3.05) is 13.7 Å². The topological polar surface area (TPSA) is 80.9 Å². The number of benzene rings is 2. The Morgan fingerprint density at radius 3 is 2.15 bits per heavy atom. The number of aromatic amines is 1. The van der Waals surface area contributed by atoms with Crippen LogP contribution in [0.1, 0.15) is 54.0 Å². The molecule has 2 aliphatic rings. The highest BCUT2D eigenvalue weighted by Crippen LogP contribution is 2.37. The van der Waals surface area contributed by atoms with Gasteiger partial charge in [-0.15, -0.1) is 0 Å². The van der Waals surface area contributed by atoms with Crippen LogP contribution in [-0.4, -0.2) is 53.7 Å². The maximum Gasteiger partial charge on any atom is 0.512 e. The predicted octanol–water partition coefficient (Wildman–Crippen LogP) is 3.31. The summed E-state index contributed by atoms with van der Waals surface area (Å²) < 4.78 is 18.0. The number of carbonyl (C=O) groups excluding carboxylic acids is 2. The summed E-state index contributed by atoms with van der Waals surface area (Å²) in [6.45, 7) is 8.31. The maximum atomic E-state index is 12.9. The summed E-state index contributed by atoms with van der Waals surface area (Å²) in [4.78, 5) is 30.5. The smallest absolute Gasteiger partial charge is 0.497 e. The summed E-state index contributed by atoms with van der Waals surface area (Å²) >= 11 is 0. The fourth-order valence-corrected chi connectivity index (χ4v) is 4.48. The third-order valence-electron chi connectivity index (χ3n) is 7.10. The van der Waals surface area contributed by atoms with Crippen LogP contribution in [0, 0.1) is 0 Å². The van der Waals surface area contributed by atoms with Crippen molar-refractivity contribution in [1.82, 2.24) is 9.88 Å². The second-order valence-corrected chi connectivity index (χ2v) is 9.57. The minimum absolute atomic E-state index is 0.255. The first-order chi connectivity index (χ1) is 15.6. The van der Waals surface area contributed by atoms with Crippen LogP contribution in [0.3, 0.4) is 0 Å². The molecule has 170 valence electrons. The number of aromatic nitrogens is 1. The molecule has 1 fully saturated rings. The number of carbonyl (C=O) groups is 2. The average Bonchev–Trinajstić information content (AvgIpc) is 3.34. The van der Waals surface area contributed by atoms with Crippen LogP contribution in [0.5, 0.6) is 5.75 Å². The van der Waals surface area contributed by atoms with E-state index in [1.165, 1.54) is 4.90 Å². The molecular weight excluding hydrogens is 419 g/mol. The van der Waals surface area contributed by atoms with Crippen molar-refractivity contribution in [1.29, 1.82) is 0 Å². The molecule has 3 heterocycles. The normalized spacial score (nSPS) is 18.9. The van der Waals surface area contributed by atoms with Crippen LogP contribution in [0.25, 0.3) is 10.9 Å². The molecule has 0 radical (unpaired) electrons. The van der Waals surface area contributed by atoms with Gasteiger partial charge in [0.25, 0.3) is 11.8 Å². The van der Waals surface area contributed by atoms with Crippen molar-refractivity contribution in [2.24, 2.45) is 0 Å². The predicted molar refractivity (Wildman–Crippen MR) is 126 cm³/mol. The van der Waals surface area contributed by atoms with E-state index in [2.05, 4.69) is 4.98 Å². The molecule has 3 aromatic rings. The van der Waals surface area contributed by atoms with Gasteiger partial charge in [0.1, 0.15) is 5.75 Å². The molecular formula is C25H27BN2O5. The Hall–Kier alpha value is -3.10. The Labute approximate surface area is 193 Å². The van der Waals surface area contributed by atoms with E-state index in [9.17, 15) is 9.59 Å². The van der Waals surface area contributed by atoms with Gasteiger partial charge in [-0.25, -0.2) is 0 Å². The first kappa shape index (κ1) is 21.7. The molecule has 33 heavy (non-hydrogen) atoms. The molecule has 1 N–H and O–H groups in total. The van der Waals surface area contributed by atoms with Crippen molar-refractivity contribution >= 4 is 35.4 Å². The lowest BCUT2D eigenvalue weighted by Gasteiger charge is -2.32. The van der Waals surface area contributed by atoms with Gasteiger partial charge in [-0.3, -0.25) is 14.5 Å². The van der Waals surface area contributed by atoms with Gasteiger partial charge in [0.05, 0.1) is 29.4 Å². The number of methoxy groups -OCH3 is 1. The van der Waals surface area contributed by atoms with E-state index in [1.54, 1.807) is 31.4 Å². The molecule has 0 saturated carbocycles. The molecule has 8 heteroatoms. The van der Waals surface area contributed by atoms with E-state index < -0.39 is 18.3 Å². The number of rotatable bonds is 5. The molecule has 7 nitrogen and oxygen atoms in total. The van der Waals surface area contributed by atoms with Crippen molar-refractivity contribution in [3.8, 4) is 5.75 Å². The molecule has 5 rings (SSSR count). The summed E-state index contributed by atoms with van der Waals surface area (Å²) in [5, 5.41) is 0.983. The quantitative estimate of drug-likeness (QED) is 0.481. The molecule has 2 aromatic carbocycles. The molecule has 2 aliphatic heterocycles. The van der Waals surface area contributed by atoms with Crippen molar-refractivity contribution in [3.63, 3.8) is 0 Å². The van der Waals surface area contributed by atoms with Crippen LogP contribution < -0.4 is 10.3 Å². The monoisotopic (exact) mass is 446 g/mol. The summed E-state index contributed by atoms with van der Waals surface area (Å²) in [5.41, 5.74) is 2.57. The van der Waals surface area contributed by atoms with Gasteiger partial charge < -0.3 is 19.0 Å². The van der Waals surface area contributed by atoms with Gasteiger partial charge in [-0.2, -0.15) is 0 Å². The van der Waals surface area contributed by atoms with E-state index in [1.807, 2.05) is 45.9 Å². The van der Waals surface area contributed by atoms with E-state index in [-0.39, 0.29) is 18.4 Å². The van der Waals surface area contributed by atoms with Gasteiger partial charge >= 0.3 is 7.12 Å². The summed E-state index contributed by atoms with van der Waals surface area (Å²) in [7, 11) is 1.04. The van der Waals surface area contributed by atoms with Crippen molar-refractivity contribution in [2.45, 2.75) is 45.3 Å². The summed E-state index contributed by atoms with van der Waals surface area (Å²) in [6.07, 6.45) is 0.469. The number of nitrogens with one attached hydrogen (secondary N) is 1. The van der Waals surface area contributed by atoms with Crippen molar-refractivity contribution < 1.29 is 23.6 Å². The van der Waals surface area contributed by atoms with Crippen LogP contribution in [0.15, 0.2) is 42.5 Å². The molecule has 0 atom stereocenters. The SMILES string of the molecule is COc1ccc2c(CCN3C(=O)c4ccccc4C3=O)c(B3OC(C)(C)C(C)(C)O3)[nH]c2c1. The number of imide groups is 1. The number of amides is 2. The van der Waals surface area contributed by atoms with Gasteiger partial charge in [0.15, 0.2) is 0 Å². The molecule has 0 aliphatic carbocycles. The van der Waals surface area contributed by atoms with Gasteiger partial charge in [0, 0.05) is 29.1 Å². The minimum Gasteiger partial charge on any atom is -0.497 e. The van der Waals surface area contributed by atoms with E-state index in [4.69, 9.17) is 14.0 Å². The number of H-pyrrole nitrogens is 1. The number of fused-ring (bicyclic) bond motifs is 2. The lowest BCUT2D eigenvalue weighted by atomic mass is 9.80. The van der Waals surface area contributed by atoms with Gasteiger partial charge in [-0.1, -0.05) is 12.1 Å². The van der Waals surface area contributed by atoms with E-state index in [0.717, 1.165) is 27.8 Å². The lowest BCUT2D eigenvalue weighted by Crippen LogP contribution is -2.41. The standard InChI is InChI=1S/C25H27BN2O5/c1-24(2)25(3,4)33-26(32-24)21-17(16-11-10-15(31-5)14-20(16)27-21)12-13-28-22(29)18-8-6-7-9-19(18)23(28)30/h6-11,14,27H,12-13H2,1-5H3. The zero-order chi connectivity index (χ0) is 23.5. The third kappa shape index (κ3) is 3.36. The van der Waals surface area contributed by atoms with Crippen molar-refractivity contribution in [3.05, 3.63) is 59.2 Å². The van der Waals surface area contributed by atoms with Crippen LogP contribution in [-0.2, 0) is 15.7 Å². The molecule has 0 unspecified atom stereocenters. The van der Waals surface area contributed by atoms with E-state index >= 15 is 0 Å². The molecule has 1 aromatic heterocycles. The number of nitrogens with zero attached hydrogens (tertiary/aromatic N) is 1. The fraction of sp³-hybridized carbons (Fsp3) is 0.360. The number of ether oxygens (including phenoxy) is 1. The van der Waals surface area contributed by atoms with E-state index in [0.29, 0.717) is 17.5 Å². The Morgan fingerprint density at radius 2 is 1.58 bits per heavy atom. The van der Waals surface area contributed by atoms with Crippen LogP contribution >= 0.6 is 0 Å². The first-order valence-corrected chi connectivity index (χ1v) is 11.1. The zero-order valence-corrected chi connectivity index (χ0v) is 19.5. The molecule has 1 saturated heterocycles. The fourth-order valence-electron chi connectivity index (χ4n) is 4.48. The first-order valence-electron chi connectivity index (χ1n) is 11.1. The summed E-state index contributed by atoms with van der Waals surface area (Å²) in [6, 6.07) is 12.8. The molecule has 2 amide bonds. The Balaban J connectivity index is 1.50. The zero-order valence-electron chi connectivity index (χ0n) is 19.5. The second-order valence-electron chi connectivity index (χ2n) is 9.57. The third-order valence-corrected chi connectivity index (χ3v) is 7.10. The Morgan fingerprint density at radius 1 is 0.970 bits per heavy atom. The highest BCUT2D eigenvalue weighted by atomic mass is 16.7. The Kier molecular flexibility index (Phi) is 4.92. The molecule has 0 spiro atoms. The highest BCUT2D eigenvalue weighted by molar-refractivity contribution is 6.62. The number of hydrogen-bond acceptors (Lipinski definition) is 5. The lowest BCUT2D eigenvalue weighted by molar-refractivity contribution is 0.00578. The minimum atomic E-state index is -0.592. The second kappa shape index (κ2) is 7.47. The average molecular weight is 446 g/mol. The number of hydrogen-bond donors (Lipinski definition) is 1.